The van der Waals surface area contributed by atoms with Crippen LogP contribution in [-0.2, 0) is 32.6 Å². The van der Waals surface area contributed by atoms with Gasteiger partial charge in [-0.15, -0.1) is 0 Å². The number of aryl methyl sites for hydroxylation is 1. The third kappa shape index (κ3) is 9.02. The Hall–Kier alpha value is -4.02. The van der Waals surface area contributed by atoms with Crippen LogP contribution in [0, 0.1) is 12.7 Å². The lowest BCUT2D eigenvalue weighted by Crippen LogP contribution is -2.54. The standard InChI is InChI=1S/C35H37BrFN3O4S/c1-4-26(3)38-35(42)33(22-27-8-6-5-7-9-27)39(23-28-12-14-29(36)15-13-28)34(41)24-40(31-18-10-25(2)11-19-31)45(43,44)32-20-16-30(37)17-21-32/h5-21,26,33H,4,22-24H2,1-3H3,(H,38,42). The van der Waals surface area contributed by atoms with Gasteiger partial charge in [0.25, 0.3) is 10.0 Å². The number of sulfonamides is 1. The summed E-state index contributed by atoms with van der Waals surface area (Å²) in [7, 11) is -4.31. The second-order valence-corrected chi connectivity index (χ2v) is 13.8. The molecule has 0 aliphatic heterocycles. The molecule has 0 bridgehead atoms. The van der Waals surface area contributed by atoms with Gasteiger partial charge >= 0.3 is 0 Å². The maximum absolute atomic E-state index is 14.5. The topological polar surface area (TPSA) is 86.8 Å². The van der Waals surface area contributed by atoms with Crippen LogP contribution in [0.1, 0.15) is 37.0 Å². The number of benzene rings is 4. The third-order valence-electron chi connectivity index (χ3n) is 7.54. The number of hydrogen-bond donors (Lipinski definition) is 1. The Kier molecular flexibility index (Phi) is 11.5. The number of halogens is 2. The van der Waals surface area contributed by atoms with Crippen LogP contribution in [0.25, 0.3) is 0 Å². The molecule has 2 amide bonds. The van der Waals surface area contributed by atoms with Crippen LogP contribution in [0.2, 0.25) is 0 Å². The molecule has 0 heterocycles. The molecule has 4 aromatic rings. The van der Waals surface area contributed by atoms with Crippen molar-refractivity contribution in [2.24, 2.45) is 0 Å². The molecule has 0 radical (unpaired) electrons. The Labute approximate surface area is 273 Å². The number of nitrogens with one attached hydrogen (secondary N) is 1. The highest BCUT2D eigenvalue weighted by Crippen LogP contribution is 2.26. The van der Waals surface area contributed by atoms with Crippen LogP contribution >= 0.6 is 15.9 Å². The quantitative estimate of drug-likeness (QED) is 0.170. The van der Waals surface area contributed by atoms with E-state index in [1.54, 1.807) is 24.3 Å². The van der Waals surface area contributed by atoms with Gasteiger partial charge in [0.05, 0.1) is 10.6 Å². The first-order valence-corrected chi connectivity index (χ1v) is 16.9. The Bertz CT molecular complexity index is 1680. The van der Waals surface area contributed by atoms with Crippen molar-refractivity contribution in [3.63, 3.8) is 0 Å². The predicted octanol–water partition coefficient (Wildman–Crippen LogP) is 6.65. The molecule has 0 aromatic heterocycles. The average molecular weight is 695 g/mol. The molecule has 4 aromatic carbocycles. The van der Waals surface area contributed by atoms with E-state index in [1.807, 2.05) is 75.4 Å². The molecular weight excluding hydrogens is 657 g/mol. The van der Waals surface area contributed by atoms with E-state index in [-0.39, 0.29) is 35.5 Å². The van der Waals surface area contributed by atoms with Gasteiger partial charge in [-0.25, -0.2) is 12.8 Å². The van der Waals surface area contributed by atoms with Gasteiger partial charge in [-0.3, -0.25) is 13.9 Å². The fourth-order valence-electron chi connectivity index (χ4n) is 4.76. The molecule has 0 aliphatic rings. The number of rotatable bonds is 13. The van der Waals surface area contributed by atoms with Crippen molar-refractivity contribution < 1.29 is 22.4 Å². The van der Waals surface area contributed by atoms with Crippen molar-refractivity contribution in [2.45, 2.75) is 57.1 Å². The van der Waals surface area contributed by atoms with Gasteiger partial charge < -0.3 is 10.2 Å². The van der Waals surface area contributed by atoms with Crippen molar-refractivity contribution in [3.8, 4) is 0 Å². The summed E-state index contributed by atoms with van der Waals surface area (Å²) in [5, 5.41) is 3.03. The van der Waals surface area contributed by atoms with Crippen LogP contribution in [0.15, 0.2) is 112 Å². The van der Waals surface area contributed by atoms with Crippen molar-refractivity contribution in [1.29, 1.82) is 0 Å². The lowest BCUT2D eigenvalue weighted by atomic mass is 10.0. The van der Waals surface area contributed by atoms with Crippen LogP contribution in [-0.4, -0.2) is 43.8 Å². The van der Waals surface area contributed by atoms with Gasteiger partial charge in [-0.05, 0) is 79.9 Å². The predicted molar refractivity (Wildman–Crippen MR) is 179 cm³/mol. The summed E-state index contributed by atoms with van der Waals surface area (Å²) in [5.41, 5.74) is 2.80. The van der Waals surface area contributed by atoms with Crippen molar-refractivity contribution in [2.75, 3.05) is 10.8 Å². The zero-order chi connectivity index (χ0) is 32.6. The Balaban J connectivity index is 1.80. The molecule has 0 aliphatic carbocycles. The summed E-state index contributed by atoms with van der Waals surface area (Å²) in [6, 6.07) is 27.0. The van der Waals surface area contributed by atoms with E-state index in [1.165, 1.54) is 17.0 Å². The van der Waals surface area contributed by atoms with Gasteiger partial charge in [0.15, 0.2) is 0 Å². The van der Waals surface area contributed by atoms with Crippen molar-refractivity contribution in [1.82, 2.24) is 10.2 Å². The molecule has 7 nitrogen and oxygen atoms in total. The Morgan fingerprint density at radius 3 is 2.09 bits per heavy atom. The fraction of sp³-hybridized carbons (Fsp3) is 0.257. The minimum Gasteiger partial charge on any atom is -0.352 e. The lowest BCUT2D eigenvalue weighted by molar-refractivity contribution is -0.140. The molecule has 10 heteroatoms. The number of amides is 2. The Morgan fingerprint density at radius 1 is 0.867 bits per heavy atom. The first kappa shape index (κ1) is 33.9. The summed E-state index contributed by atoms with van der Waals surface area (Å²) in [4.78, 5) is 29.6. The third-order valence-corrected chi connectivity index (χ3v) is 9.86. The van der Waals surface area contributed by atoms with Crippen LogP contribution < -0.4 is 9.62 Å². The first-order chi connectivity index (χ1) is 21.5. The highest BCUT2D eigenvalue weighted by atomic mass is 79.9. The zero-order valence-electron chi connectivity index (χ0n) is 25.5. The van der Waals surface area contributed by atoms with E-state index in [4.69, 9.17) is 0 Å². The molecular formula is C35H37BrFN3O4S. The second-order valence-electron chi connectivity index (χ2n) is 11.0. The van der Waals surface area contributed by atoms with E-state index >= 15 is 0 Å². The van der Waals surface area contributed by atoms with Gasteiger partial charge in [0, 0.05) is 23.5 Å². The normalized spacial score (nSPS) is 12.6. The molecule has 2 unspecified atom stereocenters. The number of nitrogens with zero attached hydrogens (tertiary/aromatic N) is 2. The van der Waals surface area contributed by atoms with Crippen LogP contribution in [0.3, 0.4) is 0 Å². The highest BCUT2D eigenvalue weighted by molar-refractivity contribution is 9.10. The summed E-state index contributed by atoms with van der Waals surface area (Å²) in [6.07, 6.45) is 0.919. The number of anilines is 1. The maximum Gasteiger partial charge on any atom is 0.264 e. The molecule has 236 valence electrons. The highest BCUT2D eigenvalue weighted by Gasteiger charge is 2.35. The number of hydrogen-bond acceptors (Lipinski definition) is 4. The van der Waals surface area contributed by atoms with Crippen LogP contribution in [0.4, 0.5) is 10.1 Å². The monoisotopic (exact) mass is 693 g/mol. The number of carbonyl (C=O) groups excluding carboxylic acids is 2. The van der Waals surface area contributed by atoms with Gasteiger partial charge in [0.2, 0.25) is 11.8 Å². The van der Waals surface area contributed by atoms with E-state index in [2.05, 4.69) is 21.2 Å². The molecule has 0 saturated carbocycles. The summed E-state index contributed by atoms with van der Waals surface area (Å²) in [5.74, 6) is -1.48. The SMILES string of the molecule is CCC(C)NC(=O)C(Cc1ccccc1)N(Cc1ccc(Br)cc1)C(=O)CN(c1ccc(C)cc1)S(=O)(=O)c1ccc(F)cc1. The largest absolute Gasteiger partial charge is 0.352 e. The molecule has 0 spiro atoms. The molecule has 2 atom stereocenters. The first-order valence-electron chi connectivity index (χ1n) is 14.7. The minimum absolute atomic E-state index is 0.0654. The second kappa shape index (κ2) is 15.3. The van der Waals surface area contributed by atoms with E-state index < -0.39 is 34.3 Å². The molecule has 1 N–H and O–H groups in total. The Morgan fingerprint density at radius 2 is 1.49 bits per heavy atom. The van der Waals surface area contributed by atoms with Gasteiger partial charge in [0.1, 0.15) is 18.4 Å². The van der Waals surface area contributed by atoms with E-state index in [9.17, 15) is 22.4 Å². The summed E-state index contributed by atoms with van der Waals surface area (Å²) < 4.78 is 43.6. The van der Waals surface area contributed by atoms with Crippen molar-refractivity contribution in [3.05, 3.63) is 130 Å². The summed E-state index contributed by atoms with van der Waals surface area (Å²) in [6.45, 7) is 5.21. The molecule has 45 heavy (non-hydrogen) atoms. The smallest absolute Gasteiger partial charge is 0.264 e. The number of carbonyl (C=O) groups is 2. The maximum atomic E-state index is 14.5. The fourth-order valence-corrected chi connectivity index (χ4v) is 6.43. The van der Waals surface area contributed by atoms with Gasteiger partial charge in [-0.1, -0.05) is 83.0 Å². The average Bonchev–Trinajstić information content (AvgIpc) is 3.03. The molecule has 0 saturated heterocycles. The minimum atomic E-state index is -4.31. The van der Waals surface area contributed by atoms with E-state index in [0.717, 1.165) is 37.6 Å². The molecule has 0 fully saturated rings. The van der Waals surface area contributed by atoms with Crippen molar-refractivity contribution >= 4 is 43.5 Å². The van der Waals surface area contributed by atoms with Crippen LogP contribution in [0.5, 0.6) is 0 Å². The van der Waals surface area contributed by atoms with E-state index in [0.29, 0.717) is 6.42 Å². The zero-order valence-corrected chi connectivity index (χ0v) is 27.9. The lowest BCUT2D eigenvalue weighted by Gasteiger charge is -2.34. The summed E-state index contributed by atoms with van der Waals surface area (Å²) >= 11 is 3.44. The van der Waals surface area contributed by atoms with Gasteiger partial charge in [-0.2, -0.15) is 0 Å². The molecule has 4 rings (SSSR count).